The fourth-order valence-corrected chi connectivity index (χ4v) is 4.91. The molecule has 0 aliphatic carbocycles. The van der Waals surface area contributed by atoms with Gasteiger partial charge in [0.05, 0.1) is 12.2 Å². The zero-order valence-corrected chi connectivity index (χ0v) is 20.5. The smallest absolute Gasteiger partial charge is 0.339 e. The van der Waals surface area contributed by atoms with Crippen molar-refractivity contribution in [1.82, 2.24) is 0 Å². The summed E-state index contributed by atoms with van der Waals surface area (Å²) in [5, 5.41) is 8.27. The first kappa shape index (κ1) is 21.2. The molecule has 162 valence electrons. The largest absolute Gasteiger partial charge is 0.462 e. The molecule has 0 saturated heterocycles. The van der Waals surface area contributed by atoms with Crippen molar-refractivity contribution in [3.05, 3.63) is 83.9 Å². The minimum absolute atomic E-state index is 0.289. The van der Waals surface area contributed by atoms with E-state index in [1.54, 1.807) is 0 Å². The molecule has 33 heavy (non-hydrogen) atoms. The van der Waals surface area contributed by atoms with Gasteiger partial charge in [-0.1, -0.05) is 74.1 Å². The molecule has 5 aromatic rings. The Morgan fingerprint density at radius 1 is 0.758 bits per heavy atom. The molecule has 0 radical (unpaired) electrons. The van der Waals surface area contributed by atoms with Gasteiger partial charge in [0.1, 0.15) is 8.07 Å². The predicted molar refractivity (Wildman–Crippen MR) is 143 cm³/mol. The molecule has 0 unspecified atom stereocenters. The molecule has 0 amide bonds. The number of fused-ring (bicyclic) bond motifs is 4. The first-order valence-electron chi connectivity index (χ1n) is 11.4. The lowest BCUT2D eigenvalue weighted by atomic mass is 9.88. The predicted octanol–water partition coefficient (Wildman–Crippen LogP) is 7.71. The van der Waals surface area contributed by atoms with Crippen molar-refractivity contribution in [1.29, 1.82) is 0 Å². The summed E-state index contributed by atoms with van der Waals surface area (Å²) in [6, 6.07) is 25.1. The minimum atomic E-state index is -1.62. The second kappa shape index (κ2) is 8.06. The monoisotopic (exact) mass is 446 g/mol. The normalized spacial score (nSPS) is 11.6. The highest BCUT2D eigenvalue weighted by molar-refractivity contribution is 6.83. The molecule has 0 saturated carbocycles. The number of esters is 1. The van der Waals surface area contributed by atoms with Gasteiger partial charge in [-0.2, -0.15) is 0 Å². The van der Waals surface area contributed by atoms with Gasteiger partial charge in [0, 0.05) is 5.56 Å². The second-order valence-electron chi connectivity index (χ2n) is 9.46. The minimum Gasteiger partial charge on any atom is -0.462 e. The van der Waals surface area contributed by atoms with Crippen LogP contribution in [0.25, 0.3) is 43.1 Å². The van der Waals surface area contributed by atoms with E-state index in [-0.39, 0.29) is 5.97 Å². The number of hydrogen-bond donors (Lipinski definition) is 0. The third-order valence-corrected chi connectivity index (χ3v) is 6.77. The van der Waals surface area contributed by atoms with Gasteiger partial charge in [0.2, 0.25) is 0 Å². The Kier molecular flexibility index (Phi) is 5.19. The molecule has 0 aliphatic heterocycles. The number of carbonyl (C=O) groups is 1. The van der Waals surface area contributed by atoms with E-state index in [1.807, 2.05) is 31.2 Å². The van der Waals surface area contributed by atoms with E-state index in [1.165, 1.54) is 0 Å². The number of hydrogen-bond acceptors (Lipinski definition) is 2. The molecule has 5 rings (SSSR count). The van der Waals surface area contributed by atoms with Gasteiger partial charge in [0.15, 0.2) is 0 Å². The van der Waals surface area contributed by atoms with Gasteiger partial charge in [-0.15, -0.1) is 5.54 Å². The maximum absolute atomic E-state index is 13.3. The summed E-state index contributed by atoms with van der Waals surface area (Å²) >= 11 is 0. The zero-order valence-electron chi connectivity index (χ0n) is 19.5. The van der Waals surface area contributed by atoms with Crippen molar-refractivity contribution in [3.63, 3.8) is 0 Å². The quantitative estimate of drug-likeness (QED) is 0.120. The summed E-state index contributed by atoms with van der Waals surface area (Å²) in [7, 11) is -1.62. The van der Waals surface area contributed by atoms with Gasteiger partial charge in [-0.25, -0.2) is 4.79 Å². The fraction of sp³-hybridized carbons (Fsp3) is 0.167. The number of ether oxygens (including phenoxy) is 1. The van der Waals surface area contributed by atoms with Gasteiger partial charge in [-0.3, -0.25) is 0 Å². The highest BCUT2D eigenvalue weighted by Crippen LogP contribution is 2.37. The van der Waals surface area contributed by atoms with E-state index >= 15 is 0 Å². The highest BCUT2D eigenvalue weighted by atomic mass is 28.3. The van der Waals surface area contributed by atoms with Gasteiger partial charge in [0.25, 0.3) is 0 Å². The summed E-state index contributed by atoms with van der Waals surface area (Å²) in [5.41, 5.74) is 5.18. The highest BCUT2D eigenvalue weighted by Gasteiger charge is 2.21. The molecule has 5 aromatic carbocycles. The number of rotatable bonds is 2. The summed E-state index contributed by atoms with van der Waals surface area (Å²) in [6.45, 7) is 8.94. The Bertz CT molecular complexity index is 1530. The number of benzene rings is 5. The molecule has 3 heteroatoms. The molecule has 0 heterocycles. The molecule has 2 nitrogen and oxygen atoms in total. The average Bonchev–Trinajstić information content (AvgIpc) is 2.79. The fourth-order valence-electron chi connectivity index (χ4n) is 4.41. The van der Waals surface area contributed by atoms with Crippen LogP contribution in [0, 0.1) is 11.5 Å². The van der Waals surface area contributed by atoms with E-state index in [0.29, 0.717) is 12.2 Å². The van der Waals surface area contributed by atoms with Crippen molar-refractivity contribution >= 4 is 57.1 Å². The third-order valence-electron chi connectivity index (χ3n) is 5.89. The van der Waals surface area contributed by atoms with Crippen molar-refractivity contribution in [2.75, 3.05) is 6.61 Å². The topological polar surface area (TPSA) is 26.3 Å². The van der Waals surface area contributed by atoms with E-state index in [2.05, 4.69) is 79.6 Å². The SMILES string of the molecule is CCOC(=O)c1c2cc3ccccc3cc2c(C#C[Si](C)(C)C)c2cc3ccccc3cc12. The molecule has 0 fully saturated rings. The van der Waals surface area contributed by atoms with Crippen molar-refractivity contribution in [2.45, 2.75) is 26.6 Å². The van der Waals surface area contributed by atoms with Crippen LogP contribution in [-0.4, -0.2) is 20.7 Å². The van der Waals surface area contributed by atoms with Crippen LogP contribution < -0.4 is 0 Å². The maximum atomic E-state index is 13.3. The Morgan fingerprint density at radius 2 is 1.18 bits per heavy atom. The Balaban J connectivity index is 2.05. The van der Waals surface area contributed by atoms with E-state index in [9.17, 15) is 4.79 Å². The van der Waals surface area contributed by atoms with Gasteiger partial charge in [-0.05, 0) is 74.3 Å². The van der Waals surface area contributed by atoms with E-state index < -0.39 is 8.07 Å². The van der Waals surface area contributed by atoms with E-state index in [4.69, 9.17) is 4.74 Å². The van der Waals surface area contributed by atoms with Crippen LogP contribution in [0.2, 0.25) is 19.6 Å². The number of carbonyl (C=O) groups excluding carboxylic acids is 1. The van der Waals surface area contributed by atoms with Crippen molar-refractivity contribution in [3.8, 4) is 11.5 Å². The van der Waals surface area contributed by atoms with Gasteiger partial charge >= 0.3 is 5.97 Å². The first-order valence-corrected chi connectivity index (χ1v) is 14.9. The standard InChI is InChI=1S/C30H26O2Si/c1-5-32-30(31)29-27-18-22-12-8-6-10-20(22)16-25(27)24(14-15-33(2,3)4)26-17-21-11-7-9-13-23(21)19-28(26)29/h6-13,16-19H,5H2,1-4H3. The third kappa shape index (κ3) is 3.88. The van der Waals surface area contributed by atoms with Crippen LogP contribution in [0.3, 0.4) is 0 Å². The summed E-state index contributed by atoms with van der Waals surface area (Å²) in [5.74, 6) is 3.27. The summed E-state index contributed by atoms with van der Waals surface area (Å²) in [6.07, 6.45) is 0. The van der Waals surface area contributed by atoms with E-state index in [0.717, 1.165) is 48.7 Å². The van der Waals surface area contributed by atoms with Crippen molar-refractivity contribution < 1.29 is 9.53 Å². The average molecular weight is 447 g/mol. The first-order chi connectivity index (χ1) is 15.9. The Hall–Kier alpha value is -3.61. The Labute approximate surface area is 195 Å². The van der Waals surface area contributed by atoms with Crippen LogP contribution in [0.15, 0.2) is 72.8 Å². The van der Waals surface area contributed by atoms with Crippen LogP contribution in [0.1, 0.15) is 22.8 Å². The van der Waals surface area contributed by atoms with Crippen LogP contribution in [0.5, 0.6) is 0 Å². The van der Waals surface area contributed by atoms with Gasteiger partial charge < -0.3 is 4.74 Å². The Morgan fingerprint density at radius 3 is 1.58 bits per heavy atom. The molecule has 0 aliphatic rings. The lowest BCUT2D eigenvalue weighted by molar-refractivity contribution is 0.0531. The summed E-state index contributed by atoms with van der Waals surface area (Å²) in [4.78, 5) is 13.3. The molecular weight excluding hydrogens is 420 g/mol. The molecule has 0 spiro atoms. The zero-order chi connectivity index (χ0) is 23.2. The molecule has 0 atom stereocenters. The van der Waals surface area contributed by atoms with Crippen molar-refractivity contribution in [2.24, 2.45) is 0 Å². The maximum Gasteiger partial charge on any atom is 0.339 e. The summed E-state index contributed by atoms with van der Waals surface area (Å²) < 4.78 is 5.55. The molecular formula is C30H26O2Si. The lowest BCUT2D eigenvalue weighted by Gasteiger charge is -2.16. The second-order valence-corrected chi connectivity index (χ2v) is 14.2. The molecule has 0 bridgehead atoms. The molecule has 0 N–H and O–H groups in total. The molecule has 0 aromatic heterocycles. The van der Waals surface area contributed by atoms with Crippen LogP contribution in [-0.2, 0) is 4.74 Å². The van der Waals surface area contributed by atoms with Crippen LogP contribution in [0.4, 0.5) is 0 Å². The van der Waals surface area contributed by atoms with Crippen LogP contribution >= 0.6 is 0 Å². The lowest BCUT2D eigenvalue weighted by Crippen LogP contribution is -2.16.